The van der Waals surface area contributed by atoms with Gasteiger partial charge in [0.25, 0.3) is 0 Å². The fourth-order valence-corrected chi connectivity index (χ4v) is 3.00. The first-order valence-corrected chi connectivity index (χ1v) is 7.48. The predicted molar refractivity (Wildman–Crippen MR) is 81.0 cm³/mol. The average molecular weight is 344 g/mol. The van der Waals surface area contributed by atoms with Crippen LogP contribution in [0, 0.1) is 0 Å². The second-order valence-corrected chi connectivity index (χ2v) is 6.29. The molecule has 0 spiro atoms. The van der Waals surface area contributed by atoms with Crippen LogP contribution >= 0.6 is 39.3 Å². The van der Waals surface area contributed by atoms with Gasteiger partial charge in [-0.15, -0.1) is 0 Å². The molecular weight excluding hydrogens is 332 g/mol. The van der Waals surface area contributed by atoms with Crippen LogP contribution in [0.25, 0.3) is 0 Å². The normalized spacial score (nSPS) is 12.4. The lowest BCUT2D eigenvalue weighted by Crippen LogP contribution is -2.09. The maximum absolute atomic E-state index is 5.84. The molecule has 1 aromatic carbocycles. The molecule has 0 saturated carbocycles. The number of thioether (sulfide) groups is 1. The lowest BCUT2D eigenvalue weighted by molar-refractivity contribution is 0.934. The number of nitrogens with zero attached hydrogens (tertiary/aromatic N) is 1. The van der Waals surface area contributed by atoms with Crippen molar-refractivity contribution in [3.63, 3.8) is 0 Å². The summed E-state index contributed by atoms with van der Waals surface area (Å²) in [7, 11) is 0. The van der Waals surface area contributed by atoms with Crippen molar-refractivity contribution < 1.29 is 0 Å². The Bertz CT molecular complexity index is 519. The molecule has 2 N–H and O–H groups in total. The van der Waals surface area contributed by atoms with E-state index in [1.165, 1.54) is 5.56 Å². The Labute approximate surface area is 124 Å². The Morgan fingerprint density at radius 1 is 1.33 bits per heavy atom. The van der Waals surface area contributed by atoms with Crippen LogP contribution in [-0.2, 0) is 0 Å². The molecule has 5 heteroatoms. The fraction of sp³-hybridized carbons (Fsp3) is 0.154. The highest BCUT2D eigenvalue weighted by molar-refractivity contribution is 9.10. The Hall–Kier alpha value is -0.550. The van der Waals surface area contributed by atoms with Gasteiger partial charge in [0.2, 0.25) is 0 Å². The Kier molecular flexibility index (Phi) is 5.06. The topological polar surface area (TPSA) is 38.9 Å². The number of aromatic nitrogens is 1. The molecule has 0 amide bonds. The van der Waals surface area contributed by atoms with Crippen molar-refractivity contribution in [3.8, 4) is 0 Å². The van der Waals surface area contributed by atoms with Crippen LogP contribution in [0.5, 0.6) is 0 Å². The minimum absolute atomic E-state index is 0.191. The van der Waals surface area contributed by atoms with Crippen LogP contribution in [0.1, 0.15) is 10.8 Å². The van der Waals surface area contributed by atoms with Crippen molar-refractivity contribution in [2.24, 2.45) is 5.73 Å². The molecule has 0 aliphatic heterocycles. The third-order valence-corrected chi connectivity index (χ3v) is 4.35. The predicted octanol–water partition coefficient (Wildman–Crippen LogP) is 4.29. The summed E-state index contributed by atoms with van der Waals surface area (Å²) >= 11 is 10.9. The van der Waals surface area contributed by atoms with Crippen molar-refractivity contribution in [1.82, 2.24) is 4.98 Å². The van der Waals surface area contributed by atoms with Crippen LogP contribution in [0.4, 0.5) is 0 Å². The van der Waals surface area contributed by atoms with Gasteiger partial charge >= 0.3 is 0 Å². The molecule has 2 aromatic rings. The highest BCUT2D eigenvalue weighted by Gasteiger charge is 2.12. The quantitative estimate of drug-likeness (QED) is 0.842. The molecular formula is C13H12BrClN2S. The highest BCUT2D eigenvalue weighted by Crippen LogP contribution is 2.34. The standard InChI is InChI=1S/C13H12BrClN2S/c14-10-3-1-2-9(6-10)12(7-16)18-13-5-4-11(15)8-17-13/h1-6,8,12H,7,16H2. The largest absolute Gasteiger partial charge is 0.329 e. The van der Waals surface area contributed by atoms with E-state index in [4.69, 9.17) is 17.3 Å². The molecule has 0 aliphatic carbocycles. The van der Waals surface area contributed by atoms with Crippen molar-refractivity contribution in [1.29, 1.82) is 0 Å². The van der Waals surface area contributed by atoms with E-state index in [0.29, 0.717) is 11.6 Å². The first-order chi connectivity index (χ1) is 8.69. The van der Waals surface area contributed by atoms with Gasteiger partial charge in [-0.05, 0) is 29.8 Å². The molecule has 0 bridgehead atoms. The van der Waals surface area contributed by atoms with Gasteiger partial charge in [-0.1, -0.05) is 51.4 Å². The summed E-state index contributed by atoms with van der Waals surface area (Å²) < 4.78 is 1.06. The molecule has 0 saturated heterocycles. The van der Waals surface area contributed by atoms with Crippen LogP contribution in [0.15, 0.2) is 52.1 Å². The maximum atomic E-state index is 5.84. The number of hydrogen-bond donors (Lipinski definition) is 1. The average Bonchev–Trinajstić information content (AvgIpc) is 2.38. The molecule has 0 aliphatic rings. The smallest absolute Gasteiger partial charge is 0.0967 e. The fourth-order valence-electron chi connectivity index (χ4n) is 1.54. The monoisotopic (exact) mass is 342 g/mol. The molecule has 1 aromatic heterocycles. The summed E-state index contributed by atoms with van der Waals surface area (Å²) in [4.78, 5) is 4.28. The van der Waals surface area contributed by atoms with Gasteiger partial charge in [0.1, 0.15) is 0 Å². The Morgan fingerprint density at radius 2 is 2.17 bits per heavy atom. The van der Waals surface area contributed by atoms with E-state index in [1.54, 1.807) is 18.0 Å². The Balaban J connectivity index is 2.17. The van der Waals surface area contributed by atoms with Gasteiger partial charge in [-0.3, -0.25) is 0 Å². The summed E-state index contributed by atoms with van der Waals surface area (Å²) in [5.74, 6) is 0. The molecule has 1 heterocycles. The first kappa shape index (κ1) is 13.9. The summed E-state index contributed by atoms with van der Waals surface area (Å²) in [6.07, 6.45) is 1.65. The molecule has 2 rings (SSSR count). The van der Waals surface area contributed by atoms with E-state index in [-0.39, 0.29) is 5.25 Å². The van der Waals surface area contributed by atoms with Crippen LogP contribution in [0.3, 0.4) is 0 Å². The molecule has 1 atom stereocenters. The highest BCUT2D eigenvalue weighted by atomic mass is 79.9. The summed E-state index contributed by atoms with van der Waals surface area (Å²) in [5, 5.41) is 1.76. The van der Waals surface area contributed by atoms with Crippen molar-refractivity contribution >= 4 is 39.3 Å². The third-order valence-electron chi connectivity index (χ3n) is 2.40. The zero-order valence-corrected chi connectivity index (χ0v) is 12.7. The van der Waals surface area contributed by atoms with Gasteiger partial charge < -0.3 is 5.73 Å². The molecule has 1 unspecified atom stereocenters. The minimum Gasteiger partial charge on any atom is -0.329 e. The third kappa shape index (κ3) is 3.72. The lowest BCUT2D eigenvalue weighted by atomic mass is 10.1. The summed E-state index contributed by atoms with van der Waals surface area (Å²) in [6.45, 7) is 0.561. The van der Waals surface area contributed by atoms with Crippen molar-refractivity contribution in [2.45, 2.75) is 10.3 Å². The Morgan fingerprint density at radius 3 is 2.78 bits per heavy atom. The van der Waals surface area contributed by atoms with Crippen LogP contribution < -0.4 is 5.73 Å². The van der Waals surface area contributed by atoms with Gasteiger partial charge in [0.05, 0.1) is 10.0 Å². The van der Waals surface area contributed by atoms with E-state index in [9.17, 15) is 0 Å². The number of pyridine rings is 1. The second kappa shape index (κ2) is 6.57. The number of rotatable bonds is 4. The SMILES string of the molecule is NCC(Sc1ccc(Cl)cn1)c1cccc(Br)c1. The van der Waals surface area contributed by atoms with Gasteiger partial charge in [0, 0.05) is 22.5 Å². The van der Waals surface area contributed by atoms with E-state index in [2.05, 4.69) is 33.0 Å². The van der Waals surface area contributed by atoms with Gasteiger partial charge in [-0.2, -0.15) is 0 Å². The molecule has 2 nitrogen and oxygen atoms in total. The molecule has 0 radical (unpaired) electrons. The zero-order valence-electron chi connectivity index (χ0n) is 9.51. The van der Waals surface area contributed by atoms with E-state index in [0.717, 1.165) is 9.50 Å². The summed E-state index contributed by atoms with van der Waals surface area (Å²) in [5.41, 5.74) is 7.03. The number of hydrogen-bond acceptors (Lipinski definition) is 3. The number of benzene rings is 1. The second-order valence-electron chi connectivity index (χ2n) is 3.71. The first-order valence-electron chi connectivity index (χ1n) is 5.43. The zero-order chi connectivity index (χ0) is 13.0. The van der Waals surface area contributed by atoms with E-state index in [1.807, 2.05) is 24.3 Å². The summed E-state index contributed by atoms with van der Waals surface area (Å²) in [6, 6.07) is 11.9. The van der Waals surface area contributed by atoms with Crippen molar-refractivity contribution in [3.05, 3.63) is 57.7 Å². The minimum atomic E-state index is 0.191. The number of nitrogens with two attached hydrogens (primary N) is 1. The van der Waals surface area contributed by atoms with Crippen LogP contribution in [0.2, 0.25) is 5.02 Å². The van der Waals surface area contributed by atoms with Crippen molar-refractivity contribution in [2.75, 3.05) is 6.54 Å². The van der Waals surface area contributed by atoms with Gasteiger partial charge in [-0.25, -0.2) is 4.98 Å². The molecule has 18 heavy (non-hydrogen) atoms. The number of halogens is 2. The molecule has 94 valence electrons. The van der Waals surface area contributed by atoms with Crippen LogP contribution in [-0.4, -0.2) is 11.5 Å². The van der Waals surface area contributed by atoms with E-state index >= 15 is 0 Å². The van der Waals surface area contributed by atoms with Gasteiger partial charge in [0.15, 0.2) is 0 Å². The maximum Gasteiger partial charge on any atom is 0.0967 e. The molecule has 0 fully saturated rings. The van der Waals surface area contributed by atoms with E-state index < -0.39 is 0 Å². The lowest BCUT2D eigenvalue weighted by Gasteiger charge is -2.14.